The molecule has 218 valence electrons. The SMILES string of the molecule is COCOC1CCN(CCN(CCCCOc2ccc3[nH]c(=O)ccc3c2)S(=O)(=O)CC2CCCCC2)CC1. The second kappa shape index (κ2) is 15.1. The van der Waals surface area contributed by atoms with Crippen molar-refractivity contribution in [3.05, 3.63) is 40.7 Å². The van der Waals surface area contributed by atoms with Crippen molar-refractivity contribution in [1.29, 1.82) is 0 Å². The fourth-order valence-corrected chi connectivity index (χ4v) is 7.57. The molecule has 2 heterocycles. The number of fused-ring (bicyclic) bond motifs is 1. The number of methoxy groups -OCH3 is 1. The zero-order chi connectivity index (χ0) is 27.5. The van der Waals surface area contributed by atoms with Gasteiger partial charge in [0, 0.05) is 56.8 Å². The van der Waals surface area contributed by atoms with Gasteiger partial charge in [0.15, 0.2) is 0 Å². The highest BCUT2D eigenvalue weighted by Gasteiger charge is 2.28. The highest BCUT2D eigenvalue weighted by atomic mass is 32.2. The molecule has 1 N–H and O–H groups in total. The van der Waals surface area contributed by atoms with Crippen LogP contribution in [-0.4, -0.2) is 87.7 Å². The Hall–Kier alpha value is -1.98. The number of hydrogen-bond donors (Lipinski definition) is 1. The maximum Gasteiger partial charge on any atom is 0.248 e. The molecular weight excluding hydrogens is 518 g/mol. The van der Waals surface area contributed by atoms with Crippen LogP contribution in [0.2, 0.25) is 0 Å². The first-order valence-electron chi connectivity index (χ1n) is 14.5. The minimum absolute atomic E-state index is 0.125. The normalized spacial score (nSPS) is 18.2. The van der Waals surface area contributed by atoms with Gasteiger partial charge in [-0.15, -0.1) is 0 Å². The molecule has 0 unspecified atom stereocenters. The zero-order valence-corrected chi connectivity index (χ0v) is 24.1. The Labute approximate surface area is 232 Å². The van der Waals surface area contributed by atoms with Crippen molar-refractivity contribution >= 4 is 20.9 Å². The number of sulfonamides is 1. The van der Waals surface area contributed by atoms with Crippen molar-refractivity contribution in [3.63, 3.8) is 0 Å². The lowest BCUT2D eigenvalue weighted by molar-refractivity contribution is -0.0886. The summed E-state index contributed by atoms with van der Waals surface area (Å²) in [5.41, 5.74) is 0.653. The number of aromatic nitrogens is 1. The lowest BCUT2D eigenvalue weighted by atomic mass is 9.91. The number of benzene rings is 1. The van der Waals surface area contributed by atoms with Crippen LogP contribution in [-0.2, 0) is 19.5 Å². The molecule has 0 bridgehead atoms. The lowest BCUT2D eigenvalue weighted by Gasteiger charge is -2.33. The monoisotopic (exact) mass is 563 g/mol. The average Bonchev–Trinajstić information content (AvgIpc) is 2.94. The van der Waals surface area contributed by atoms with Crippen molar-refractivity contribution in [2.45, 2.75) is 63.9 Å². The van der Waals surface area contributed by atoms with Gasteiger partial charge in [-0.25, -0.2) is 12.7 Å². The molecule has 1 saturated heterocycles. The van der Waals surface area contributed by atoms with Gasteiger partial charge >= 0.3 is 0 Å². The molecule has 2 fully saturated rings. The predicted molar refractivity (Wildman–Crippen MR) is 154 cm³/mol. The number of aromatic amines is 1. The van der Waals surface area contributed by atoms with Gasteiger partial charge in [-0.2, -0.15) is 0 Å². The first kappa shape index (κ1) is 30.0. The van der Waals surface area contributed by atoms with Crippen LogP contribution < -0.4 is 10.3 Å². The number of H-pyrrole nitrogens is 1. The van der Waals surface area contributed by atoms with Gasteiger partial charge in [0.05, 0.1) is 18.5 Å². The van der Waals surface area contributed by atoms with Gasteiger partial charge in [-0.1, -0.05) is 19.3 Å². The molecule has 1 saturated carbocycles. The van der Waals surface area contributed by atoms with E-state index < -0.39 is 10.0 Å². The third-order valence-electron chi connectivity index (χ3n) is 7.95. The summed E-state index contributed by atoms with van der Waals surface area (Å²) < 4.78 is 45.4. The first-order chi connectivity index (χ1) is 18.9. The molecule has 1 aliphatic heterocycles. The van der Waals surface area contributed by atoms with Crippen molar-refractivity contribution in [2.24, 2.45) is 5.92 Å². The molecule has 0 spiro atoms. The van der Waals surface area contributed by atoms with Gasteiger partial charge in [-0.05, 0) is 68.7 Å². The van der Waals surface area contributed by atoms with E-state index in [4.69, 9.17) is 14.2 Å². The molecule has 39 heavy (non-hydrogen) atoms. The van der Waals surface area contributed by atoms with E-state index in [2.05, 4.69) is 9.88 Å². The van der Waals surface area contributed by atoms with E-state index in [1.54, 1.807) is 17.5 Å². The second-order valence-electron chi connectivity index (χ2n) is 10.9. The number of pyridine rings is 1. The summed E-state index contributed by atoms with van der Waals surface area (Å²) in [6, 6.07) is 8.90. The fraction of sp³-hybridized carbons (Fsp3) is 0.690. The van der Waals surface area contributed by atoms with Crippen LogP contribution in [0.25, 0.3) is 10.9 Å². The Morgan fingerprint density at radius 2 is 1.79 bits per heavy atom. The standard InChI is InChI=1S/C29H45N3O6S/c1-36-23-38-26-13-16-31(17-14-26)18-19-32(39(34,35)22-24-7-3-2-4-8-24)15-5-6-20-37-27-10-11-28-25(21-27)9-12-29(33)30-28/h9-12,21,24,26H,2-8,13-20,22-23H2,1H3,(H,30,33). The third-order valence-corrected chi connectivity index (χ3v) is 10.00. The highest BCUT2D eigenvalue weighted by molar-refractivity contribution is 7.89. The molecular formula is C29H45N3O6S. The van der Waals surface area contributed by atoms with E-state index in [1.807, 2.05) is 18.2 Å². The van der Waals surface area contributed by atoms with Crippen LogP contribution >= 0.6 is 0 Å². The van der Waals surface area contributed by atoms with E-state index in [9.17, 15) is 13.2 Å². The van der Waals surface area contributed by atoms with Crippen LogP contribution in [0.3, 0.4) is 0 Å². The van der Waals surface area contributed by atoms with E-state index in [0.717, 1.165) is 87.7 Å². The predicted octanol–water partition coefficient (Wildman–Crippen LogP) is 3.98. The molecule has 1 aromatic carbocycles. The summed E-state index contributed by atoms with van der Waals surface area (Å²) in [4.78, 5) is 16.6. The van der Waals surface area contributed by atoms with E-state index in [1.165, 1.54) is 12.5 Å². The minimum Gasteiger partial charge on any atom is -0.494 e. The number of likely N-dealkylation sites (tertiary alicyclic amines) is 1. The zero-order valence-electron chi connectivity index (χ0n) is 23.3. The summed E-state index contributed by atoms with van der Waals surface area (Å²) in [6.45, 7) is 4.46. The van der Waals surface area contributed by atoms with Crippen LogP contribution in [0.5, 0.6) is 5.75 Å². The van der Waals surface area contributed by atoms with Gasteiger partial charge < -0.3 is 24.1 Å². The Morgan fingerprint density at radius 1 is 1.00 bits per heavy atom. The van der Waals surface area contributed by atoms with Crippen molar-refractivity contribution in [3.8, 4) is 5.75 Å². The number of unbranched alkanes of at least 4 members (excludes halogenated alkanes) is 1. The summed E-state index contributed by atoms with van der Waals surface area (Å²) in [7, 11) is -1.68. The third kappa shape index (κ3) is 9.56. The number of hydrogen-bond acceptors (Lipinski definition) is 7. The number of nitrogens with zero attached hydrogens (tertiary/aromatic N) is 2. The van der Waals surface area contributed by atoms with Gasteiger partial charge in [-0.3, -0.25) is 4.79 Å². The maximum absolute atomic E-state index is 13.5. The number of rotatable bonds is 15. The van der Waals surface area contributed by atoms with Gasteiger partial charge in [0.1, 0.15) is 12.5 Å². The van der Waals surface area contributed by atoms with Crippen LogP contribution in [0.1, 0.15) is 57.8 Å². The molecule has 4 rings (SSSR count). The Bertz CT molecular complexity index is 1170. The minimum atomic E-state index is -3.32. The Balaban J connectivity index is 1.26. The second-order valence-corrected chi connectivity index (χ2v) is 12.9. The number of ether oxygens (including phenoxy) is 3. The Kier molecular flexibility index (Phi) is 11.6. The van der Waals surface area contributed by atoms with E-state index in [0.29, 0.717) is 26.5 Å². The Morgan fingerprint density at radius 3 is 2.56 bits per heavy atom. The smallest absolute Gasteiger partial charge is 0.248 e. The van der Waals surface area contributed by atoms with Gasteiger partial charge in [0.2, 0.25) is 15.6 Å². The molecule has 1 aromatic heterocycles. The quantitative estimate of drug-likeness (QED) is 0.258. The van der Waals surface area contributed by atoms with Crippen LogP contribution in [0.15, 0.2) is 35.1 Å². The van der Waals surface area contributed by atoms with Crippen LogP contribution in [0, 0.1) is 5.92 Å². The fourth-order valence-electron chi connectivity index (χ4n) is 5.67. The molecule has 0 amide bonds. The molecule has 0 radical (unpaired) electrons. The first-order valence-corrected chi connectivity index (χ1v) is 16.1. The van der Waals surface area contributed by atoms with E-state index in [-0.39, 0.29) is 23.3 Å². The van der Waals surface area contributed by atoms with Crippen LogP contribution in [0.4, 0.5) is 0 Å². The van der Waals surface area contributed by atoms with Crippen molar-refractivity contribution in [2.75, 3.05) is 59.0 Å². The van der Waals surface area contributed by atoms with Crippen molar-refractivity contribution < 1.29 is 22.6 Å². The summed E-state index contributed by atoms with van der Waals surface area (Å²) in [6.07, 6.45) is 9.17. The molecule has 1 aliphatic carbocycles. The number of nitrogens with one attached hydrogen (secondary N) is 1. The lowest BCUT2D eigenvalue weighted by Crippen LogP contribution is -2.44. The summed E-state index contributed by atoms with van der Waals surface area (Å²) in [5, 5.41) is 0.918. The molecule has 10 heteroatoms. The average molecular weight is 564 g/mol. The topological polar surface area (TPSA) is 101 Å². The summed E-state index contributed by atoms with van der Waals surface area (Å²) >= 11 is 0. The van der Waals surface area contributed by atoms with E-state index >= 15 is 0 Å². The highest BCUT2D eigenvalue weighted by Crippen LogP contribution is 2.26. The summed E-state index contributed by atoms with van der Waals surface area (Å²) in [5.74, 6) is 1.30. The molecule has 0 atom stereocenters. The maximum atomic E-state index is 13.5. The molecule has 2 aliphatic rings. The van der Waals surface area contributed by atoms with Gasteiger partial charge in [0.25, 0.3) is 0 Å². The molecule has 9 nitrogen and oxygen atoms in total. The van der Waals surface area contributed by atoms with Crippen molar-refractivity contribution in [1.82, 2.24) is 14.2 Å². The molecule has 2 aromatic rings. The largest absolute Gasteiger partial charge is 0.494 e. The number of piperidine rings is 1.